The summed E-state index contributed by atoms with van der Waals surface area (Å²) in [6, 6.07) is 0. The van der Waals surface area contributed by atoms with Gasteiger partial charge in [0, 0.05) is 37.1 Å². The van der Waals surface area contributed by atoms with Crippen LogP contribution in [-0.4, -0.2) is 22.2 Å². The summed E-state index contributed by atoms with van der Waals surface area (Å²) in [5.41, 5.74) is 2.06. The van der Waals surface area contributed by atoms with Crippen LogP contribution in [0.15, 0.2) is 6.20 Å². The van der Waals surface area contributed by atoms with E-state index in [-0.39, 0.29) is 17.3 Å². The number of hydrogen-bond donors (Lipinski definition) is 0. The fourth-order valence-electron chi connectivity index (χ4n) is 2.21. The second-order valence-corrected chi connectivity index (χ2v) is 5.71. The normalized spacial score (nSPS) is 21.9. The quantitative estimate of drug-likeness (QED) is 0.750. The van der Waals surface area contributed by atoms with E-state index in [4.69, 9.17) is 4.74 Å². The van der Waals surface area contributed by atoms with Crippen molar-refractivity contribution < 1.29 is 9.53 Å². The lowest BCUT2D eigenvalue weighted by atomic mass is 9.87. The molecule has 17 heavy (non-hydrogen) atoms. The predicted molar refractivity (Wildman–Crippen MR) is 64.8 cm³/mol. The Labute approximate surface area is 102 Å². The molecule has 1 aromatic rings. The van der Waals surface area contributed by atoms with Gasteiger partial charge in [0.05, 0.1) is 18.4 Å². The van der Waals surface area contributed by atoms with Crippen molar-refractivity contribution in [2.75, 3.05) is 6.61 Å². The van der Waals surface area contributed by atoms with Crippen molar-refractivity contribution in [3.8, 4) is 0 Å². The minimum atomic E-state index is -0.112. The van der Waals surface area contributed by atoms with Gasteiger partial charge in [0.2, 0.25) is 0 Å². The molecule has 0 aliphatic carbocycles. The van der Waals surface area contributed by atoms with E-state index in [1.807, 2.05) is 13.2 Å². The Hall–Kier alpha value is -1.16. The first-order valence-electron chi connectivity index (χ1n) is 6.05. The predicted octanol–water partition coefficient (Wildman–Crippen LogP) is 2.14. The van der Waals surface area contributed by atoms with E-state index in [1.54, 1.807) is 4.68 Å². The van der Waals surface area contributed by atoms with Crippen LogP contribution in [0, 0.1) is 0 Å². The molecule has 0 amide bonds. The van der Waals surface area contributed by atoms with E-state index in [1.165, 1.54) is 0 Å². The van der Waals surface area contributed by atoms with Crippen molar-refractivity contribution in [3.05, 3.63) is 17.5 Å². The van der Waals surface area contributed by atoms with E-state index in [9.17, 15) is 4.79 Å². The topological polar surface area (TPSA) is 44.1 Å². The van der Waals surface area contributed by atoms with Crippen LogP contribution in [0.25, 0.3) is 0 Å². The monoisotopic (exact) mass is 236 g/mol. The molecule has 94 valence electrons. The number of Topliss-reactive ketones (excluding diaryl/α,β-unsaturated/α-hetero) is 1. The van der Waals surface area contributed by atoms with Crippen LogP contribution in [0.5, 0.6) is 0 Å². The minimum Gasteiger partial charge on any atom is -0.372 e. The van der Waals surface area contributed by atoms with Gasteiger partial charge in [0.25, 0.3) is 0 Å². The number of aryl methyl sites for hydroxylation is 1. The van der Waals surface area contributed by atoms with Gasteiger partial charge in [0.1, 0.15) is 5.78 Å². The first-order valence-corrected chi connectivity index (χ1v) is 6.05. The van der Waals surface area contributed by atoms with Gasteiger partial charge in [-0.1, -0.05) is 20.8 Å². The van der Waals surface area contributed by atoms with Crippen LogP contribution in [0.1, 0.15) is 51.0 Å². The highest BCUT2D eigenvalue weighted by molar-refractivity contribution is 5.79. The van der Waals surface area contributed by atoms with Gasteiger partial charge >= 0.3 is 0 Å². The third-order valence-electron chi connectivity index (χ3n) is 3.03. The second kappa shape index (κ2) is 4.26. The average Bonchev–Trinajstić information content (AvgIpc) is 2.60. The van der Waals surface area contributed by atoms with Crippen molar-refractivity contribution >= 4 is 5.78 Å². The van der Waals surface area contributed by atoms with Crippen LogP contribution in [-0.2, 0) is 22.0 Å². The maximum absolute atomic E-state index is 11.5. The summed E-state index contributed by atoms with van der Waals surface area (Å²) < 4.78 is 7.51. The number of aromatic nitrogens is 2. The number of ketones is 1. The fraction of sp³-hybridized carbons (Fsp3) is 0.692. The molecule has 0 N–H and O–H groups in total. The molecule has 0 radical (unpaired) electrons. The highest BCUT2D eigenvalue weighted by Crippen LogP contribution is 2.33. The van der Waals surface area contributed by atoms with Gasteiger partial charge in [-0.05, 0) is 0 Å². The third kappa shape index (κ3) is 2.57. The molecule has 1 unspecified atom stereocenters. The molecule has 1 fully saturated rings. The van der Waals surface area contributed by atoms with Crippen LogP contribution >= 0.6 is 0 Å². The summed E-state index contributed by atoms with van der Waals surface area (Å²) in [5, 5.41) is 4.51. The van der Waals surface area contributed by atoms with Gasteiger partial charge in [-0.15, -0.1) is 0 Å². The molecule has 1 saturated heterocycles. The molecule has 0 saturated carbocycles. The zero-order valence-corrected chi connectivity index (χ0v) is 11.0. The SMILES string of the molecule is Cn1cc(C2CC(=O)CCO2)c(C(C)(C)C)n1. The van der Waals surface area contributed by atoms with Crippen molar-refractivity contribution in [2.45, 2.75) is 45.1 Å². The lowest BCUT2D eigenvalue weighted by Crippen LogP contribution is -2.22. The number of rotatable bonds is 1. The van der Waals surface area contributed by atoms with E-state index in [2.05, 4.69) is 25.9 Å². The number of nitrogens with zero attached hydrogens (tertiary/aromatic N) is 2. The van der Waals surface area contributed by atoms with Crippen molar-refractivity contribution in [1.29, 1.82) is 0 Å². The Morgan fingerprint density at radius 3 is 2.76 bits per heavy atom. The molecule has 0 spiro atoms. The zero-order valence-electron chi connectivity index (χ0n) is 11.0. The van der Waals surface area contributed by atoms with Crippen LogP contribution in [0.2, 0.25) is 0 Å². The standard InChI is InChI=1S/C13H20N2O2/c1-13(2,3)12-10(8-15(4)14-12)11-7-9(16)5-6-17-11/h8,11H,5-7H2,1-4H3. The molecule has 4 heteroatoms. The molecule has 1 atom stereocenters. The van der Waals surface area contributed by atoms with Gasteiger partial charge in [-0.3, -0.25) is 9.48 Å². The van der Waals surface area contributed by atoms with Gasteiger partial charge in [-0.25, -0.2) is 0 Å². The van der Waals surface area contributed by atoms with Gasteiger partial charge in [-0.2, -0.15) is 5.10 Å². The lowest BCUT2D eigenvalue weighted by molar-refractivity contribution is -0.128. The molecule has 4 nitrogen and oxygen atoms in total. The molecular weight excluding hydrogens is 216 g/mol. The van der Waals surface area contributed by atoms with E-state index >= 15 is 0 Å². The summed E-state index contributed by atoms with van der Waals surface area (Å²) in [6.07, 6.45) is 2.89. The highest BCUT2D eigenvalue weighted by atomic mass is 16.5. The minimum absolute atomic E-state index is 0.0273. The van der Waals surface area contributed by atoms with E-state index < -0.39 is 0 Å². The Kier molecular flexibility index (Phi) is 3.08. The van der Waals surface area contributed by atoms with Gasteiger partial charge in [0.15, 0.2) is 0 Å². The lowest BCUT2D eigenvalue weighted by Gasteiger charge is -2.25. The Balaban J connectivity index is 2.34. The largest absolute Gasteiger partial charge is 0.372 e. The van der Waals surface area contributed by atoms with Crippen molar-refractivity contribution in [1.82, 2.24) is 9.78 Å². The van der Waals surface area contributed by atoms with Crippen LogP contribution in [0.3, 0.4) is 0 Å². The number of ether oxygens (including phenoxy) is 1. The maximum atomic E-state index is 11.5. The third-order valence-corrected chi connectivity index (χ3v) is 3.03. The first kappa shape index (κ1) is 12.3. The zero-order chi connectivity index (χ0) is 12.6. The van der Waals surface area contributed by atoms with Crippen molar-refractivity contribution in [2.24, 2.45) is 7.05 Å². The molecule has 2 rings (SSSR count). The van der Waals surface area contributed by atoms with E-state index in [0.717, 1.165) is 11.3 Å². The summed E-state index contributed by atoms with van der Waals surface area (Å²) in [7, 11) is 1.91. The smallest absolute Gasteiger partial charge is 0.138 e. The van der Waals surface area contributed by atoms with Crippen LogP contribution in [0.4, 0.5) is 0 Å². The Morgan fingerprint density at radius 2 is 2.18 bits per heavy atom. The van der Waals surface area contributed by atoms with Crippen molar-refractivity contribution in [3.63, 3.8) is 0 Å². The second-order valence-electron chi connectivity index (χ2n) is 5.71. The highest BCUT2D eigenvalue weighted by Gasteiger charge is 2.30. The average molecular weight is 236 g/mol. The first-order chi connectivity index (χ1) is 7.88. The molecular formula is C13H20N2O2. The maximum Gasteiger partial charge on any atom is 0.138 e. The molecule has 0 aromatic carbocycles. The molecule has 1 aromatic heterocycles. The summed E-state index contributed by atoms with van der Waals surface area (Å²) >= 11 is 0. The Bertz CT molecular complexity index is 429. The molecule has 0 bridgehead atoms. The van der Waals surface area contributed by atoms with E-state index in [0.29, 0.717) is 19.4 Å². The molecule has 1 aliphatic rings. The fourth-order valence-corrected chi connectivity index (χ4v) is 2.21. The molecule has 1 aliphatic heterocycles. The molecule has 2 heterocycles. The van der Waals surface area contributed by atoms with Gasteiger partial charge < -0.3 is 4.74 Å². The summed E-state index contributed by atoms with van der Waals surface area (Å²) in [5.74, 6) is 0.282. The summed E-state index contributed by atoms with van der Waals surface area (Å²) in [6.45, 7) is 6.92. The number of carbonyl (C=O) groups is 1. The van der Waals surface area contributed by atoms with Crippen LogP contribution < -0.4 is 0 Å². The summed E-state index contributed by atoms with van der Waals surface area (Å²) in [4.78, 5) is 11.5. The number of carbonyl (C=O) groups excluding carboxylic acids is 1. The number of hydrogen-bond acceptors (Lipinski definition) is 3. The Morgan fingerprint density at radius 1 is 1.47 bits per heavy atom.